The quantitative estimate of drug-likeness (QED) is 0.277. The Hall–Kier alpha value is -2.78. The van der Waals surface area contributed by atoms with Crippen molar-refractivity contribution in [3.63, 3.8) is 0 Å². The molecule has 3 aromatic rings. The van der Waals surface area contributed by atoms with E-state index in [1.165, 1.54) is 35.2 Å². The molecule has 1 N–H and O–H groups in total. The predicted octanol–water partition coefficient (Wildman–Crippen LogP) is 6.56. The van der Waals surface area contributed by atoms with E-state index in [2.05, 4.69) is 5.32 Å². The van der Waals surface area contributed by atoms with Crippen molar-refractivity contribution in [2.45, 2.75) is 57.1 Å². The highest BCUT2D eigenvalue weighted by molar-refractivity contribution is 7.92. The molecule has 40 heavy (non-hydrogen) atoms. The molecule has 2 amide bonds. The van der Waals surface area contributed by atoms with Gasteiger partial charge in [-0.3, -0.25) is 13.9 Å². The highest BCUT2D eigenvalue weighted by atomic mass is 35.5. The third kappa shape index (κ3) is 7.91. The molecule has 3 rings (SSSR count). The van der Waals surface area contributed by atoms with Gasteiger partial charge in [0.1, 0.15) is 12.6 Å². The third-order valence-corrected chi connectivity index (χ3v) is 8.88. The Labute approximate surface area is 251 Å². The molecular weight excluding hydrogens is 593 g/mol. The van der Waals surface area contributed by atoms with Crippen LogP contribution in [0.3, 0.4) is 0 Å². The van der Waals surface area contributed by atoms with Gasteiger partial charge in [-0.2, -0.15) is 0 Å². The lowest BCUT2D eigenvalue weighted by atomic mass is 10.1. The number of carbonyl (C=O) groups excluding carboxylic acids is 2. The maximum atomic E-state index is 14.1. The zero-order valence-corrected chi connectivity index (χ0v) is 25.8. The van der Waals surface area contributed by atoms with Gasteiger partial charge in [0.05, 0.1) is 20.6 Å². The molecule has 0 aliphatic carbocycles. The van der Waals surface area contributed by atoms with Crippen molar-refractivity contribution >= 4 is 62.3 Å². The normalized spacial score (nSPS) is 12.5. The Bertz CT molecular complexity index is 1460. The van der Waals surface area contributed by atoms with Crippen molar-refractivity contribution < 1.29 is 18.0 Å². The van der Waals surface area contributed by atoms with E-state index in [0.29, 0.717) is 10.6 Å². The second-order valence-corrected chi connectivity index (χ2v) is 13.3. The number of anilines is 1. The lowest BCUT2D eigenvalue weighted by Crippen LogP contribution is -2.55. The third-order valence-electron chi connectivity index (χ3n) is 5.98. The van der Waals surface area contributed by atoms with Gasteiger partial charge < -0.3 is 10.2 Å². The van der Waals surface area contributed by atoms with Crippen molar-refractivity contribution in [3.8, 4) is 0 Å². The SMILES string of the molecule is CC[C@H](C(=O)NC(C)(C)C)N(Cc1ccccc1Cl)C(=O)CN(c1ccc(Cl)c(Cl)c1)S(=O)(=O)c1ccccc1. The molecule has 0 heterocycles. The fourth-order valence-electron chi connectivity index (χ4n) is 4.07. The van der Waals surface area contributed by atoms with Crippen molar-refractivity contribution in [2.75, 3.05) is 10.8 Å². The molecule has 0 radical (unpaired) electrons. The number of rotatable bonds is 10. The second kappa shape index (κ2) is 13.3. The molecular formula is C29H32Cl3N3O4S. The van der Waals surface area contributed by atoms with Crippen molar-refractivity contribution in [1.82, 2.24) is 10.2 Å². The average molecular weight is 625 g/mol. The van der Waals surface area contributed by atoms with E-state index in [1.54, 1.807) is 49.4 Å². The first-order chi connectivity index (χ1) is 18.7. The van der Waals surface area contributed by atoms with Crippen molar-refractivity contribution in [3.05, 3.63) is 93.4 Å². The summed E-state index contributed by atoms with van der Waals surface area (Å²) < 4.78 is 28.7. The van der Waals surface area contributed by atoms with Crippen LogP contribution in [0, 0.1) is 0 Å². The number of hydrogen-bond acceptors (Lipinski definition) is 4. The number of nitrogens with one attached hydrogen (secondary N) is 1. The van der Waals surface area contributed by atoms with Crippen LogP contribution >= 0.6 is 34.8 Å². The number of benzene rings is 3. The summed E-state index contributed by atoms with van der Waals surface area (Å²) in [5, 5.41) is 3.72. The van der Waals surface area contributed by atoms with Gasteiger partial charge in [0, 0.05) is 17.1 Å². The molecule has 11 heteroatoms. The number of nitrogens with zero attached hydrogens (tertiary/aromatic N) is 2. The Morgan fingerprint density at radius 2 is 1.50 bits per heavy atom. The van der Waals surface area contributed by atoms with Gasteiger partial charge in [-0.05, 0) is 69.2 Å². The van der Waals surface area contributed by atoms with Gasteiger partial charge in [0.2, 0.25) is 11.8 Å². The molecule has 0 aliphatic rings. The number of carbonyl (C=O) groups is 2. The van der Waals surface area contributed by atoms with E-state index in [1.807, 2.05) is 20.8 Å². The van der Waals surface area contributed by atoms with E-state index in [4.69, 9.17) is 34.8 Å². The highest BCUT2D eigenvalue weighted by Gasteiger charge is 2.35. The van der Waals surface area contributed by atoms with Gasteiger partial charge in [0.15, 0.2) is 0 Å². The van der Waals surface area contributed by atoms with Crippen LogP contribution in [0.2, 0.25) is 15.1 Å². The monoisotopic (exact) mass is 623 g/mol. The lowest BCUT2D eigenvalue weighted by molar-refractivity contribution is -0.141. The van der Waals surface area contributed by atoms with Crippen LogP contribution in [0.5, 0.6) is 0 Å². The maximum absolute atomic E-state index is 14.1. The molecule has 0 fully saturated rings. The number of halogens is 3. The zero-order valence-electron chi connectivity index (χ0n) is 22.7. The first-order valence-electron chi connectivity index (χ1n) is 12.6. The zero-order chi connectivity index (χ0) is 29.7. The van der Waals surface area contributed by atoms with E-state index in [-0.39, 0.29) is 39.5 Å². The number of sulfonamides is 1. The Morgan fingerprint density at radius 3 is 2.08 bits per heavy atom. The first kappa shape index (κ1) is 31.7. The van der Waals surface area contributed by atoms with Gasteiger partial charge in [0.25, 0.3) is 10.0 Å². The molecule has 3 aromatic carbocycles. The van der Waals surface area contributed by atoms with Gasteiger partial charge in [-0.15, -0.1) is 0 Å². The van der Waals surface area contributed by atoms with Gasteiger partial charge in [-0.1, -0.05) is 78.1 Å². The minimum Gasteiger partial charge on any atom is -0.350 e. The number of hydrogen-bond donors (Lipinski definition) is 1. The molecule has 0 aliphatic heterocycles. The summed E-state index contributed by atoms with van der Waals surface area (Å²) >= 11 is 18.8. The first-order valence-corrected chi connectivity index (χ1v) is 15.2. The Kier molecular flexibility index (Phi) is 10.5. The van der Waals surface area contributed by atoms with Crippen LogP contribution < -0.4 is 9.62 Å². The summed E-state index contributed by atoms with van der Waals surface area (Å²) in [4.78, 5) is 28.8. The van der Waals surface area contributed by atoms with Crippen LogP contribution in [0.15, 0.2) is 77.7 Å². The predicted molar refractivity (Wildman–Crippen MR) is 161 cm³/mol. The molecule has 0 saturated carbocycles. The fraction of sp³-hybridized carbons (Fsp3) is 0.310. The van der Waals surface area contributed by atoms with E-state index in [0.717, 1.165) is 4.31 Å². The standard InChI is InChI=1S/C29H32Cl3N3O4S/c1-5-26(28(37)33-29(2,3)4)34(18-20-11-9-10-14-23(20)30)27(36)19-35(21-15-16-24(31)25(32)17-21)40(38,39)22-12-7-6-8-13-22/h6-17,26H,5,18-19H2,1-4H3,(H,33,37)/t26-/m1/s1. The minimum absolute atomic E-state index is 0.00479. The Balaban J connectivity index is 2.10. The minimum atomic E-state index is -4.22. The van der Waals surface area contributed by atoms with Crippen LogP contribution in [0.25, 0.3) is 0 Å². The van der Waals surface area contributed by atoms with E-state index < -0.39 is 34.1 Å². The Morgan fingerprint density at radius 1 is 0.875 bits per heavy atom. The van der Waals surface area contributed by atoms with Crippen molar-refractivity contribution in [2.24, 2.45) is 0 Å². The topological polar surface area (TPSA) is 86.8 Å². The summed E-state index contributed by atoms with van der Waals surface area (Å²) in [6, 6.07) is 18.2. The van der Waals surface area contributed by atoms with Crippen LogP contribution in [-0.4, -0.2) is 43.3 Å². The summed E-state index contributed by atoms with van der Waals surface area (Å²) in [6.45, 7) is 6.72. The molecule has 0 bridgehead atoms. The van der Waals surface area contributed by atoms with Crippen molar-refractivity contribution in [1.29, 1.82) is 0 Å². The smallest absolute Gasteiger partial charge is 0.264 e. The lowest BCUT2D eigenvalue weighted by Gasteiger charge is -2.35. The second-order valence-electron chi connectivity index (χ2n) is 10.2. The van der Waals surface area contributed by atoms with Gasteiger partial charge >= 0.3 is 0 Å². The molecule has 0 saturated heterocycles. The number of amides is 2. The summed E-state index contributed by atoms with van der Waals surface area (Å²) in [7, 11) is -4.22. The largest absolute Gasteiger partial charge is 0.350 e. The van der Waals surface area contributed by atoms with E-state index in [9.17, 15) is 18.0 Å². The molecule has 1 atom stereocenters. The van der Waals surface area contributed by atoms with Crippen LogP contribution in [-0.2, 0) is 26.2 Å². The molecule has 0 spiro atoms. The van der Waals surface area contributed by atoms with E-state index >= 15 is 0 Å². The maximum Gasteiger partial charge on any atom is 0.264 e. The molecule has 0 unspecified atom stereocenters. The summed E-state index contributed by atoms with van der Waals surface area (Å²) in [6.07, 6.45) is 0.288. The summed E-state index contributed by atoms with van der Waals surface area (Å²) in [5.41, 5.74) is 0.217. The summed E-state index contributed by atoms with van der Waals surface area (Å²) in [5.74, 6) is -0.955. The molecule has 0 aromatic heterocycles. The van der Waals surface area contributed by atoms with Crippen LogP contribution in [0.1, 0.15) is 39.7 Å². The fourth-order valence-corrected chi connectivity index (χ4v) is 5.99. The highest BCUT2D eigenvalue weighted by Crippen LogP contribution is 2.31. The van der Waals surface area contributed by atoms with Gasteiger partial charge in [-0.25, -0.2) is 8.42 Å². The molecule has 214 valence electrons. The average Bonchev–Trinajstić information content (AvgIpc) is 2.89. The molecule has 7 nitrogen and oxygen atoms in total. The van der Waals surface area contributed by atoms with Crippen LogP contribution in [0.4, 0.5) is 5.69 Å².